The summed E-state index contributed by atoms with van der Waals surface area (Å²) in [5, 5.41) is 20.6. The molecule has 3 rings (SSSR count). The molecule has 0 aliphatic carbocycles. The van der Waals surface area contributed by atoms with Gasteiger partial charge in [0.2, 0.25) is 5.82 Å². The van der Waals surface area contributed by atoms with Gasteiger partial charge in [-0.2, -0.15) is 10.1 Å². The van der Waals surface area contributed by atoms with E-state index in [1.165, 1.54) is 29.1 Å². The van der Waals surface area contributed by atoms with Gasteiger partial charge in [0.25, 0.3) is 10.0 Å². The van der Waals surface area contributed by atoms with E-state index in [4.69, 9.17) is 10.00 Å². The van der Waals surface area contributed by atoms with Crippen LogP contribution in [0.1, 0.15) is 19.3 Å². The van der Waals surface area contributed by atoms with E-state index in [-0.39, 0.29) is 11.0 Å². The smallest absolute Gasteiger partial charge is 0.422 e. The van der Waals surface area contributed by atoms with Crippen molar-refractivity contribution >= 4 is 16.1 Å². The Labute approximate surface area is 161 Å². The largest absolute Gasteiger partial charge is 0.433 e. The number of nitrogens with one attached hydrogen (secondary N) is 1. The fourth-order valence-electron chi connectivity index (χ4n) is 2.65. The summed E-state index contributed by atoms with van der Waals surface area (Å²) in [4.78, 5) is 12.7. The summed E-state index contributed by atoms with van der Waals surface area (Å²) < 4.78 is 36.0. The van der Waals surface area contributed by atoms with Crippen LogP contribution in [0.25, 0.3) is 11.4 Å². The number of hydrogen-bond donors (Lipinski definition) is 1. The first-order valence-electron chi connectivity index (χ1n) is 8.54. The van der Waals surface area contributed by atoms with Gasteiger partial charge in [-0.15, -0.1) is 10.2 Å². The molecule has 1 aromatic heterocycles. The monoisotopic (exact) mass is 406 g/mol. The fraction of sp³-hybridized carbons (Fsp3) is 0.438. The van der Waals surface area contributed by atoms with Crippen molar-refractivity contribution in [1.82, 2.24) is 24.9 Å². The Morgan fingerprint density at radius 2 is 2.14 bits per heavy atom. The lowest BCUT2D eigenvalue weighted by Gasteiger charge is -2.21. The predicted molar refractivity (Wildman–Crippen MR) is 94.1 cm³/mol. The van der Waals surface area contributed by atoms with Gasteiger partial charge < -0.3 is 9.47 Å². The van der Waals surface area contributed by atoms with Crippen LogP contribution in [-0.4, -0.2) is 54.0 Å². The van der Waals surface area contributed by atoms with Crippen molar-refractivity contribution in [3.05, 3.63) is 24.3 Å². The van der Waals surface area contributed by atoms with Crippen LogP contribution in [0.15, 0.2) is 29.2 Å². The second-order valence-electron chi connectivity index (χ2n) is 6.02. The van der Waals surface area contributed by atoms with E-state index in [1.807, 2.05) is 0 Å². The average molecular weight is 406 g/mol. The minimum absolute atomic E-state index is 0.0650. The van der Waals surface area contributed by atoms with Crippen molar-refractivity contribution in [2.24, 2.45) is 0 Å². The summed E-state index contributed by atoms with van der Waals surface area (Å²) >= 11 is 0. The Morgan fingerprint density at radius 1 is 1.36 bits per heavy atom. The van der Waals surface area contributed by atoms with Crippen molar-refractivity contribution in [2.75, 3.05) is 13.2 Å². The van der Waals surface area contributed by atoms with Crippen molar-refractivity contribution < 1.29 is 22.7 Å². The first kappa shape index (κ1) is 19.7. The van der Waals surface area contributed by atoms with Gasteiger partial charge in [-0.25, -0.2) is 17.9 Å². The summed E-state index contributed by atoms with van der Waals surface area (Å²) in [5.41, 5.74) is 0.571. The third-order valence-electron chi connectivity index (χ3n) is 4.00. The predicted octanol–water partition coefficient (Wildman–Crippen LogP) is 0.848. The average Bonchev–Trinajstić information content (AvgIpc) is 3.15. The highest BCUT2D eigenvalue weighted by Crippen LogP contribution is 2.18. The van der Waals surface area contributed by atoms with Gasteiger partial charge in [-0.05, 0) is 48.7 Å². The molecule has 1 amide bonds. The number of rotatable bonds is 6. The first-order chi connectivity index (χ1) is 13.5. The van der Waals surface area contributed by atoms with E-state index in [1.54, 1.807) is 10.8 Å². The molecule has 0 saturated carbocycles. The molecule has 1 N–H and O–H groups in total. The molecule has 12 heteroatoms. The number of nitrogens with zero attached hydrogens (tertiary/aromatic N) is 5. The Kier molecular flexibility index (Phi) is 6.17. The van der Waals surface area contributed by atoms with E-state index in [0.717, 1.165) is 25.9 Å². The number of carbonyl (C=O) groups excluding carboxylic acids is 1. The molecule has 2 aromatic rings. The zero-order chi connectivity index (χ0) is 20.0. The van der Waals surface area contributed by atoms with E-state index >= 15 is 0 Å². The molecular formula is C16H18N6O5S. The Bertz CT molecular complexity index is 960. The molecule has 1 unspecified atom stereocenters. The number of ether oxygens (including phenoxy) is 2. The lowest BCUT2D eigenvalue weighted by Crippen LogP contribution is -2.31. The molecule has 148 valence electrons. The highest BCUT2D eigenvalue weighted by molar-refractivity contribution is 7.90. The third kappa shape index (κ3) is 5.02. The molecule has 1 fully saturated rings. The zero-order valence-corrected chi connectivity index (χ0v) is 15.6. The Morgan fingerprint density at radius 3 is 2.82 bits per heavy atom. The summed E-state index contributed by atoms with van der Waals surface area (Å²) in [6, 6.07) is 7.20. The zero-order valence-electron chi connectivity index (χ0n) is 14.8. The Hall–Kier alpha value is -3.04. The van der Waals surface area contributed by atoms with Crippen LogP contribution in [0.4, 0.5) is 4.79 Å². The minimum atomic E-state index is -4.11. The second-order valence-corrected chi connectivity index (χ2v) is 7.70. The lowest BCUT2D eigenvalue weighted by atomic mass is 10.1. The maximum atomic E-state index is 12.1. The second kappa shape index (κ2) is 8.77. The number of amides is 1. The molecule has 1 saturated heterocycles. The van der Waals surface area contributed by atoms with Crippen LogP contribution < -0.4 is 4.72 Å². The molecule has 0 spiro atoms. The summed E-state index contributed by atoms with van der Waals surface area (Å²) in [6.45, 7) is 0.696. The van der Waals surface area contributed by atoms with E-state index in [2.05, 4.69) is 20.1 Å². The summed E-state index contributed by atoms with van der Waals surface area (Å²) in [6.07, 6.45) is 1.97. The van der Waals surface area contributed by atoms with Crippen molar-refractivity contribution in [2.45, 2.75) is 36.8 Å². The lowest BCUT2D eigenvalue weighted by molar-refractivity contribution is 0.00133. The molecule has 1 aromatic carbocycles. The van der Waals surface area contributed by atoms with Gasteiger partial charge in [-0.1, -0.05) is 0 Å². The van der Waals surface area contributed by atoms with Crippen LogP contribution in [0.5, 0.6) is 0 Å². The number of carbonyl (C=O) groups is 1. The molecule has 1 atom stereocenters. The normalized spacial score (nSPS) is 16.9. The van der Waals surface area contributed by atoms with Crippen LogP contribution in [0, 0.1) is 11.3 Å². The maximum Gasteiger partial charge on any atom is 0.422 e. The van der Waals surface area contributed by atoms with Gasteiger partial charge >= 0.3 is 6.09 Å². The summed E-state index contributed by atoms with van der Waals surface area (Å²) in [7, 11) is -4.11. The molecule has 11 nitrogen and oxygen atoms in total. The number of aromatic nitrogens is 4. The first-order valence-corrected chi connectivity index (χ1v) is 10.0. The number of hydrogen-bond acceptors (Lipinski definition) is 9. The van der Waals surface area contributed by atoms with Gasteiger partial charge in [0.15, 0.2) is 6.61 Å². The number of tetrazole rings is 1. The topological polar surface area (TPSA) is 149 Å². The minimum Gasteiger partial charge on any atom is -0.433 e. The summed E-state index contributed by atoms with van der Waals surface area (Å²) in [5.74, 6) is 0.348. The van der Waals surface area contributed by atoms with Gasteiger partial charge in [0.1, 0.15) is 6.07 Å². The fourth-order valence-corrected chi connectivity index (χ4v) is 3.54. The van der Waals surface area contributed by atoms with E-state index < -0.39 is 22.7 Å². The molecule has 0 radical (unpaired) electrons. The third-order valence-corrected chi connectivity index (χ3v) is 5.33. The van der Waals surface area contributed by atoms with Crippen LogP contribution in [0.2, 0.25) is 0 Å². The molecule has 0 bridgehead atoms. The standard InChI is InChI=1S/C16H18N6O5S/c17-8-10-27-16(23)20-28(24,25)14-6-4-12(5-7-14)15-18-21-22(19-15)11-13-3-1-2-9-26-13/h4-7,13H,1-3,9-11H2,(H,20,23). The number of nitriles is 1. The molecule has 2 heterocycles. The molecule has 1 aliphatic heterocycles. The van der Waals surface area contributed by atoms with Gasteiger partial charge in [0, 0.05) is 12.2 Å². The molecule has 28 heavy (non-hydrogen) atoms. The van der Waals surface area contributed by atoms with E-state index in [9.17, 15) is 13.2 Å². The van der Waals surface area contributed by atoms with Crippen LogP contribution in [0.3, 0.4) is 0 Å². The quantitative estimate of drug-likeness (QED) is 0.736. The van der Waals surface area contributed by atoms with Crippen molar-refractivity contribution in [3.63, 3.8) is 0 Å². The van der Waals surface area contributed by atoms with Crippen LogP contribution >= 0.6 is 0 Å². The van der Waals surface area contributed by atoms with Crippen molar-refractivity contribution in [3.8, 4) is 17.5 Å². The molecular weight excluding hydrogens is 388 g/mol. The number of sulfonamides is 1. The highest BCUT2D eigenvalue weighted by atomic mass is 32.2. The molecule has 1 aliphatic rings. The van der Waals surface area contributed by atoms with E-state index in [0.29, 0.717) is 17.9 Å². The highest BCUT2D eigenvalue weighted by Gasteiger charge is 2.20. The Balaban J connectivity index is 1.65. The SMILES string of the molecule is N#CCOC(=O)NS(=O)(=O)c1ccc(-c2nnn(CC3CCCCO3)n2)cc1. The van der Waals surface area contributed by atoms with Crippen molar-refractivity contribution in [1.29, 1.82) is 5.26 Å². The van der Waals surface area contributed by atoms with Crippen LogP contribution in [-0.2, 0) is 26.0 Å². The van der Waals surface area contributed by atoms with Gasteiger partial charge in [0.05, 0.1) is 17.5 Å². The van der Waals surface area contributed by atoms with Gasteiger partial charge in [-0.3, -0.25) is 0 Å². The maximum absolute atomic E-state index is 12.1. The number of benzene rings is 1.